The number of nitrogens with zero attached hydrogens (tertiary/aromatic N) is 2. The van der Waals surface area contributed by atoms with E-state index in [1.165, 1.54) is 5.56 Å². The van der Waals surface area contributed by atoms with Crippen LogP contribution in [0.1, 0.15) is 28.8 Å². The molecule has 35 heavy (non-hydrogen) atoms. The molecule has 5 rings (SSSR count). The van der Waals surface area contributed by atoms with Crippen molar-refractivity contribution in [1.29, 1.82) is 0 Å². The molecule has 2 saturated heterocycles. The van der Waals surface area contributed by atoms with Crippen LogP contribution < -0.4 is 5.32 Å². The van der Waals surface area contributed by atoms with Gasteiger partial charge in [0.05, 0.1) is 12.7 Å². The van der Waals surface area contributed by atoms with E-state index in [9.17, 15) is 9.59 Å². The molecule has 182 valence electrons. The van der Waals surface area contributed by atoms with Crippen LogP contribution in [0.3, 0.4) is 0 Å². The van der Waals surface area contributed by atoms with E-state index in [4.69, 9.17) is 4.74 Å². The molecular formula is C29H33N3O3. The Bertz CT molecular complexity index is 1150. The van der Waals surface area contributed by atoms with Gasteiger partial charge < -0.3 is 15.0 Å². The number of morpholine rings is 1. The molecule has 1 N–H and O–H groups in total. The Hall–Kier alpha value is -3.22. The van der Waals surface area contributed by atoms with E-state index in [1.807, 2.05) is 53.4 Å². The van der Waals surface area contributed by atoms with E-state index in [0.717, 1.165) is 36.0 Å². The third-order valence-electron chi connectivity index (χ3n) is 7.15. The molecule has 0 spiro atoms. The zero-order valence-corrected chi connectivity index (χ0v) is 20.1. The smallest absolute Gasteiger partial charge is 0.254 e. The van der Waals surface area contributed by atoms with Gasteiger partial charge in [0, 0.05) is 50.7 Å². The lowest BCUT2D eigenvalue weighted by molar-refractivity contribution is -0.127. The summed E-state index contributed by atoms with van der Waals surface area (Å²) in [6.45, 7) is 5.03. The number of ether oxygens (including phenoxy) is 1. The van der Waals surface area contributed by atoms with Gasteiger partial charge in [-0.1, -0.05) is 66.7 Å². The predicted octanol–water partition coefficient (Wildman–Crippen LogP) is 3.71. The lowest BCUT2D eigenvalue weighted by Crippen LogP contribution is -2.49. The fraction of sp³-hybridized carbons (Fsp3) is 0.379. The average molecular weight is 472 g/mol. The first-order chi connectivity index (χ1) is 17.2. The summed E-state index contributed by atoms with van der Waals surface area (Å²) in [5, 5.41) is 5.16. The molecule has 6 heteroatoms. The Morgan fingerprint density at radius 1 is 0.886 bits per heavy atom. The number of carbonyl (C=O) groups is 2. The second-order valence-electron chi connectivity index (χ2n) is 9.55. The van der Waals surface area contributed by atoms with E-state index in [0.29, 0.717) is 39.1 Å². The van der Waals surface area contributed by atoms with Gasteiger partial charge in [0.2, 0.25) is 5.91 Å². The van der Waals surface area contributed by atoms with Crippen LogP contribution in [0, 0.1) is 5.92 Å². The maximum absolute atomic E-state index is 13.2. The third kappa shape index (κ3) is 5.72. The van der Waals surface area contributed by atoms with Crippen molar-refractivity contribution in [2.45, 2.75) is 25.5 Å². The zero-order valence-electron chi connectivity index (χ0n) is 20.1. The van der Waals surface area contributed by atoms with Crippen molar-refractivity contribution < 1.29 is 14.3 Å². The van der Waals surface area contributed by atoms with Crippen molar-refractivity contribution in [3.8, 4) is 0 Å². The van der Waals surface area contributed by atoms with Gasteiger partial charge in [-0.15, -0.1) is 0 Å². The summed E-state index contributed by atoms with van der Waals surface area (Å²) in [6, 6.07) is 24.3. The minimum atomic E-state index is -0.0596. The number of nitrogens with one attached hydrogen (secondary N) is 1. The van der Waals surface area contributed by atoms with Crippen LogP contribution in [-0.4, -0.2) is 67.0 Å². The summed E-state index contributed by atoms with van der Waals surface area (Å²) in [5.74, 6) is 0.0661. The van der Waals surface area contributed by atoms with E-state index in [1.54, 1.807) is 0 Å². The number of hydrogen-bond acceptors (Lipinski definition) is 4. The Balaban J connectivity index is 1.09. The maximum atomic E-state index is 13.2. The van der Waals surface area contributed by atoms with Crippen molar-refractivity contribution in [1.82, 2.24) is 15.1 Å². The molecule has 3 aromatic carbocycles. The van der Waals surface area contributed by atoms with Gasteiger partial charge in [0.15, 0.2) is 0 Å². The summed E-state index contributed by atoms with van der Waals surface area (Å²) in [7, 11) is 0. The molecule has 2 aliphatic heterocycles. The normalized spacial score (nSPS) is 19.5. The fourth-order valence-corrected chi connectivity index (χ4v) is 5.17. The van der Waals surface area contributed by atoms with Crippen LogP contribution in [0.5, 0.6) is 0 Å². The number of rotatable bonds is 6. The highest BCUT2D eigenvalue weighted by atomic mass is 16.5. The van der Waals surface area contributed by atoms with Crippen LogP contribution in [0.2, 0.25) is 0 Å². The van der Waals surface area contributed by atoms with Crippen LogP contribution >= 0.6 is 0 Å². The monoisotopic (exact) mass is 471 g/mol. The molecule has 3 aromatic rings. The molecule has 0 bridgehead atoms. The highest BCUT2D eigenvalue weighted by Crippen LogP contribution is 2.24. The number of likely N-dealkylation sites (tertiary alicyclic amines) is 1. The molecule has 0 radical (unpaired) electrons. The fourth-order valence-electron chi connectivity index (χ4n) is 5.17. The Morgan fingerprint density at radius 2 is 1.63 bits per heavy atom. The summed E-state index contributed by atoms with van der Waals surface area (Å²) in [4.78, 5) is 30.3. The minimum Gasteiger partial charge on any atom is -0.374 e. The van der Waals surface area contributed by atoms with Gasteiger partial charge in [-0.3, -0.25) is 14.5 Å². The van der Waals surface area contributed by atoms with E-state index >= 15 is 0 Å². The van der Waals surface area contributed by atoms with Crippen LogP contribution in [-0.2, 0) is 16.1 Å². The first kappa shape index (κ1) is 23.5. The molecule has 2 heterocycles. The Kier molecular flexibility index (Phi) is 7.40. The van der Waals surface area contributed by atoms with Crippen LogP contribution in [0.4, 0.5) is 0 Å². The molecule has 0 saturated carbocycles. The quantitative estimate of drug-likeness (QED) is 0.596. The third-order valence-corrected chi connectivity index (χ3v) is 7.15. The summed E-state index contributed by atoms with van der Waals surface area (Å²) in [5.41, 5.74) is 2.03. The van der Waals surface area contributed by atoms with E-state index in [-0.39, 0.29) is 23.8 Å². The zero-order chi connectivity index (χ0) is 24.0. The standard InChI is InChI=1S/C29H33N3O3/c33-28(30-19-25-21-31(17-18-35-25)20-22-7-2-1-3-8-22)24-13-15-32(16-14-24)29(34)27-12-6-10-23-9-4-5-11-26(23)27/h1-12,24-25H,13-21H2,(H,30,33)/t25-/m1/s1. The highest BCUT2D eigenvalue weighted by molar-refractivity contribution is 6.07. The molecule has 0 unspecified atom stereocenters. The molecule has 2 fully saturated rings. The van der Waals surface area contributed by atoms with Gasteiger partial charge in [0.1, 0.15) is 0 Å². The molecule has 2 amide bonds. The number of amides is 2. The van der Waals surface area contributed by atoms with Gasteiger partial charge in [-0.05, 0) is 35.2 Å². The lowest BCUT2D eigenvalue weighted by atomic mass is 9.94. The second kappa shape index (κ2) is 11.0. The number of carbonyl (C=O) groups excluding carboxylic acids is 2. The van der Waals surface area contributed by atoms with Gasteiger partial charge in [0.25, 0.3) is 5.91 Å². The average Bonchev–Trinajstić information content (AvgIpc) is 2.92. The maximum Gasteiger partial charge on any atom is 0.254 e. The van der Waals surface area contributed by atoms with Gasteiger partial charge in [-0.25, -0.2) is 0 Å². The molecule has 6 nitrogen and oxygen atoms in total. The number of hydrogen-bond donors (Lipinski definition) is 1. The first-order valence-electron chi connectivity index (χ1n) is 12.6. The van der Waals surface area contributed by atoms with Crippen LogP contribution in [0.25, 0.3) is 10.8 Å². The second-order valence-corrected chi connectivity index (χ2v) is 9.55. The Labute approximate surface area is 206 Å². The van der Waals surface area contributed by atoms with Crippen molar-refractivity contribution >= 4 is 22.6 Å². The predicted molar refractivity (Wildman–Crippen MR) is 137 cm³/mol. The largest absolute Gasteiger partial charge is 0.374 e. The summed E-state index contributed by atoms with van der Waals surface area (Å²) in [6.07, 6.45) is 1.38. The number of benzene rings is 3. The van der Waals surface area contributed by atoms with E-state index < -0.39 is 0 Å². The van der Waals surface area contributed by atoms with Crippen molar-refractivity contribution in [3.63, 3.8) is 0 Å². The Morgan fingerprint density at radius 3 is 2.46 bits per heavy atom. The van der Waals surface area contributed by atoms with Crippen LogP contribution in [0.15, 0.2) is 72.8 Å². The first-order valence-corrected chi connectivity index (χ1v) is 12.6. The lowest BCUT2D eigenvalue weighted by Gasteiger charge is -2.34. The molecule has 0 aliphatic carbocycles. The topological polar surface area (TPSA) is 61.9 Å². The van der Waals surface area contributed by atoms with Crippen molar-refractivity contribution in [2.24, 2.45) is 5.92 Å². The SMILES string of the molecule is O=C(NC[C@@H]1CN(Cc2ccccc2)CCO1)C1CCN(C(=O)c2cccc3ccccc23)CC1. The molecule has 2 aliphatic rings. The number of piperidine rings is 1. The molecular weight excluding hydrogens is 438 g/mol. The summed E-state index contributed by atoms with van der Waals surface area (Å²) >= 11 is 0. The van der Waals surface area contributed by atoms with E-state index in [2.05, 4.69) is 34.5 Å². The number of fused-ring (bicyclic) bond motifs is 1. The highest BCUT2D eigenvalue weighted by Gasteiger charge is 2.29. The van der Waals surface area contributed by atoms with Gasteiger partial charge >= 0.3 is 0 Å². The van der Waals surface area contributed by atoms with Crippen molar-refractivity contribution in [3.05, 3.63) is 83.9 Å². The molecule has 0 aromatic heterocycles. The van der Waals surface area contributed by atoms with Gasteiger partial charge in [-0.2, -0.15) is 0 Å². The summed E-state index contributed by atoms with van der Waals surface area (Å²) < 4.78 is 5.91. The molecule has 1 atom stereocenters. The minimum absolute atomic E-state index is 0.00411. The van der Waals surface area contributed by atoms with Crippen molar-refractivity contribution in [2.75, 3.05) is 39.3 Å².